The summed E-state index contributed by atoms with van der Waals surface area (Å²) in [5.41, 5.74) is 2.37. The van der Waals surface area contributed by atoms with Gasteiger partial charge in [-0.1, -0.05) is 13.8 Å². The third-order valence-corrected chi connectivity index (χ3v) is 5.25. The molecule has 0 saturated heterocycles. The molecule has 0 heterocycles. The van der Waals surface area contributed by atoms with E-state index in [-0.39, 0.29) is 0 Å². The maximum atomic E-state index is 5.02. The van der Waals surface area contributed by atoms with E-state index in [0.29, 0.717) is 12.1 Å². The number of hydrogen-bond donors (Lipinski definition) is 0. The van der Waals surface area contributed by atoms with E-state index < -0.39 is 29.9 Å². The van der Waals surface area contributed by atoms with Crippen LogP contribution in [0.25, 0.3) is 0 Å². The molecule has 2 rings (SSSR count). The number of hydrogen-bond acceptors (Lipinski definition) is 2. The van der Waals surface area contributed by atoms with Crippen molar-refractivity contribution in [2.24, 2.45) is 21.8 Å². The third kappa shape index (κ3) is 10.6. The van der Waals surface area contributed by atoms with Crippen LogP contribution in [0.15, 0.2) is 9.98 Å². The van der Waals surface area contributed by atoms with Crippen molar-refractivity contribution in [3.8, 4) is 0 Å². The molecular weight excluding hydrogens is 495 g/mol. The van der Waals surface area contributed by atoms with Gasteiger partial charge in [0, 0.05) is 0 Å². The van der Waals surface area contributed by atoms with Crippen molar-refractivity contribution < 1.29 is 29.9 Å². The van der Waals surface area contributed by atoms with Crippen molar-refractivity contribution in [3.05, 3.63) is 0 Å². The first-order valence-electron chi connectivity index (χ1n) is 9.20. The van der Waals surface area contributed by atoms with E-state index in [4.69, 9.17) is 27.4 Å². The molecular formula is C18H32Cl3N2Nd. The summed E-state index contributed by atoms with van der Waals surface area (Å²) in [6.45, 7) is 9.04. The van der Waals surface area contributed by atoms with E-state index in [1.807, 2.05) is 0 Å². The zero-order valence-corrected chi connectivity index (χ0v) is 21.0. The van der Waals surface area contributed by atoms with Gasteiger partial charge in [0.15, 0.2) is 0 Å². The second-order valence-electron chi connectivity index (χ2n) is 7.47. The minimum atomic E-state index is -2.24. The van der Waals surface area contributed by atoms with E-state index in [2.05, 4.69) is 27.7 Å². The fraction of sp³-hybridized carbons (Fsp3) is 0.889. The fourth-order valence-corrected chi connectivity index (χ4v) is 3.48. The van der Waals surface area contributed by atoms with Crippen LogP contribution in [0.5, 0.6) is 0 Å². The van der Waals surface area contributed by atoms with E-state index in [1.54, 1.807) is 0 Å². The molecule has 6 heteroatoms. The molecule has 0 radical (unpaired) electrons. The van der Waals surface area contributed by atoms with Gasteiger partial charge in [-0.05, 0) is 77.0 Å². The van der Waals surface area contributed by atoms with Crippen molar-refractivity contribution in [3.63, 3.8) is 0 Å². The quantitative estimate of drug-likeness (QED) is 0.349. The molecule has 0 aromatic rings. The first-order chi connectivity index (χ1) is 11.3. The van der Waals surface area contributed by atoms with Crippen LogP contribution in [0.3, 0.4) is 0 Å². The van der Waals surface area contributed by atoms with E-state index in [9.17, 15) is 0 Å². The van der Waals surface area contributed by atoms with Gasteiger partial charge in [0.1, 0.15) is 0 Å². The van der Waals surface area contributed by atoms with Gasteiger partial charge in [0.2, 0.25) is 0 Å². The standard InChI is InChI=1S/C18H32N2.3ClH.Nd/c1-13-5-9-17(10-6-13)19-15(3)16(4)20-18-11-7-14(2)8-12-18;;;;/h13-14,17-18H,5-12H2,1-4H3;3*1H;/q;;;;+3/p-3. The molecule has 24 heavy (non-hydrogen) atoms. The van der Waals surface area contributed by atoms with Crippen LogP contribution in [0.2, 0.25) is 0 Å². The first kappa shape index (κ1) is 23.6. The summed E-state index contributed by atoms with van der Waals surface area (Å²) >= 11 is -2.24. The predicted molar refractivity (Wildman–Crippen MR) is 107 cm³/mol. The van der Waals surface area contributed by atoms with Crippen LogP contribution in [0.4, 0.5) is 0 Å². The molecule has 139 valence electrons. The van der Waals surface area contributed by atoms with Gasteiger partial charge in [0.05, 0.1) is 23.5 Å². The third-order valence-electron chi connectivity index (χ3n) is 5.25. The van der Waals surface area contributed by atoms with Crippen LogP contribution in [0.1, 0.15) is 79.1 Å². The Morgan fingerprint density at radius 2 is 0.917 bits per heavy atom. The zero-order chi connectivity index (χ0) is 18.1. The Hall–Kier alpha value is 1.56. The van der Waals surface area contributed by atoms with Crippen LogP contribution < -0.4 is 0 Å². The van der Waals surface area contributed by atoms with Gasteiger partial charge < -0.3 is 0 Å². The SMILES string of the molecule is CC(=NC1CCC(C)CC1)C(C)=NC1CCC(C)CC1.[Cl][Nd]([Cl])[Cl]. The van der Waals surface area contributed by atoms with Crippen molar-refractivity contribution in [1.82, 2.24) is 0 Å². The summed E-state index contributed by atoms with van der Waals surface area (Å²) in [5, 5.41) is 0. The molecule has 0 aromatic heterocycles. The Morgan fingerprint density at radius 3 is 1.17 bits per heavy atom. The number of aliphatic imine (C=N–C) groups is 2. The van der Waals surface area contributed by atoms with Gasteiger partial charge >= 0.3 is 47.3 Å². The molecule has 2 nitrogen and oxygen atoms in total. The molecule has 0 bridgehead atoms. The van der Waals surface area contributed by atoms with Crippen LogP contribution in [-0.4, -0.2) is 23.5 Å². The molecule has 0 aliphatic heterocycles. The van der Waals surface area contributed by atoms with Crippen LogP contribution in [-0.2, 0) is 0 Å². The number of halogens is 3. The normalized spacial score (nSPS) is 32.0. The summed E-state index contributed by atoms with van der Waals surface area (Å²) in [7, 11) is 0. The Kier molecular flexibility index (Phi) is 12.6. The van der Waals surface area contributed by atoms with Crippen molar-refractivity contribution in [2.75, 3.05) is 0 Å². The van der Waals surface area contributed by atoms with Crippen LogP contribution >= 0.6 is 17.4 Å². The number of rotatable bonds is 3. The number of nitrogens with zero attached hydrogens (tertiary/aromatic N) is 2. The summed E-state index contributed by atoms with van der Waals surface area (Å²) in [4.78, 5) is 9.87. The van der Waals surface area contributed by atoms with E-state index in [0.717, 1.165) is 11.8 Å². The molecule has 0 atom stereocenters. The van der Waals surface area contributed by atoms with Gasteiger partial charge in [-0.3, -0.25) is 9.98 Å². The predicted octanol–water partition coefficient (Wildman–Crippen LogP) is 7.13. The monoisotopic (exact) mass is 523 g/mol. The molecule has 0 amide bonds. The first-order valence-corrected chi connectivity index (χ1v) is 21.2. The molecule has 0 unspecified atom stereocenters. The molecule has 0 aromatic carbocycles. The van der Waals surface area contributed by atoms with Gasteiger partial charge in [-0.2, -0.15) is 0 Å². The van der Waals surface area contributed by atoms with Gasteiger partial charge in [0.25, 0.3) is 0 Å². The second-order valence-corrected chi connectivity index (χ2v) is 21.6. The molecule has 2 fully saturated rings. The van der Waals surface area contributed by atoms with Crippen LogP contribution in [0, 0.1) is 41.8 Å². The Balaban J connectivity index is 0.000000648. The Morgan fingerprint density at radius 1 is 0.667 bits per heavy atom. The Labute approximate surface area is 169 Å². The second kappa shape index (κ2) is 12.9. The summed E-state index contributed by atoms with van der Waals surface area (Å²) < 4.78 is 0. The van der Waals surface area contributed by atoms with Crippen molar-refractivity contribution in [2.45, 2.75) is 91.1 Å². The summed E-state index contributed by atoms with van der Waals surface area (Å²) in [6, 6.07) is 1.12. The minimum absolute atomic E-state index is 0.558. The maximum absolute atomic E-state index is 5.02. The average Bonchev–Trinajstić information content (AvgIpc) is 2.51. The molecule has 2 aliphatic carbocycles. The van der Waals surface area contributed by atoms with Crippen molar-refractivity contribution >= 4 is 28.8 Å². The Bertz CT molecular complexity index is 372. The van der Waals surface area contributed by atoms with E-state index >= 15 is 0 Å². The molecule has 2 aliphatic rings. The molecule has 0 N–H and O–H groups in total. The summed E-state index contributed by atoms with van der Waals surface area (Å²) in [5.74, 6) is 16.9. The zero-order valence-electron chi connectivity index (χ0n) is 15.5. The average molecular weight is 527 g/mol. The molecule has 0 spiro atoms. The van der Waals surface area contributed by atoms with E-state index in [1.165, 1.54) is 62.8 Å². The van der Waals surface area contributed by atoms with Gasteiger partial charge in [-0.15, -0.1) is 0 Å². The fourth-order valence-electron chi connectivity index (χ4n) is 3.48. The topological polar surface area (TPSA) is 24.7 Å². The van der Waals surface area contributed by atoms with Crippen molar-refractivity contribution in [1.29, 1.82) is 0 Å². The molecule has 2 saturated carbocycles. The van der Waals surface area contributed by atoms with Gasteiger partial charge in [-0.25, -0.2) is 0 Å². The summed E-state index contributed by atoms with van der Waals surface area (Å²) in [6.07, 6.45) is 10.5.